The first-order valence-electron chi connectivity index (χ1n) is 15.6. The minimum atomic E-state index is 0.110. The number of hydrogen-bond acceptors (Lipinski definition) is 3. The molecule has 0 spiro atoms. The first kappa shape index (κ1) is 28.6. The SMILES string of the molecule is CN1C(=O)C=C[C@]2(C)[C@H]3CC[C@]4(C)[C@@H](CNC(=O)CCCCCCCCCCCO)CC[C@H]4[C@@H]3CC[C@@H]12. The van der Waals surface area contributed by atoms with E-state index in [1.807, 2.05) is 18.0 Å². The summed E-state index contributed by atoms with van der Waals surface area (Å²) in [6, 6.07) is 0.351. The van der Waals surface area contributed by atoms with E-state index in [0.29, 0.717) is 36.3 Å². The number of rotatable bonds is 13. The molecule has 3 saturated carbocycles. The number of likely N-dealkylation sites (N-methyl/N-ethyl adjacent to an activating group) is 1. The maximum absolute atomic E-state index is 12.6. The van der Waals surface area contributed by atoms with E-state index in [2.05, 4.69) is 25.2 Å². The molecule has 5 heteroatoms. The molecular weight excluding hydrogens is 460 g/mol. The zero-order chi connectivity index (χ0) is 26.5. The molecule has 5 nitrogen and oxygen atoms in total. The van der Waals surface area contributed by atoms with Crippen LogP contribution in [0.15, 0.2) is 12.2 Å². The minimum Gasteiger partial charge on any atom is -0.396 e. The molecule has 1 heterocycles. The Labute approximate surface area is 226 Å². The Kier molecular flexibility index (Phi) is 9.80. The van der Waals surface area contributed by atoms with Gasteiger partial charge in [0.25, 0.3) is 0 Å². The van der Waals surface area contributed by atoms with Gasteiger partial charge in [0.1, 0.15) is 0 Å². The largest absolute Gasteiger partial charge is 0.396 e. The van der Waals surface area contributed by atoms with Gasteiger partial charge in [0, 0.05) is 38.1 Å². The van der Waals surface area contributed by atoms with Gasteiger partial charge in [-0.05, 0) is 86.5 Å². The fraction of sp³-hybridized carbons (Fsp3) is 0.875. The quantitative estimate of drug-likeness (QED) is 0.285. The molecule has 0 radical (unpaired) electrons. The van der Waals surface area contributed by atoms with Crippen molar-refractivity contribution in [1.29, 1.82) is 0 Å². The third kappa shape index (κ3) is 6.12. The number of nitrogens with zero attached hydrogens (tertiary/aromatic N) is 1. The molecular formula is C32H54N2O3. The molecule has 7 atom stereocenters. The van der Waals surface area contributed by atoms with Crippen LogP contribution in [0.1, 0.15) is 117 Å². The second kappa shape index (κ2) is 12.7. The zero-order valence-corrected chi connectivity index (χ0v) is 24.0. The molecule has 4 rings (SSSR count). The van der Waals surface area contributed by atoms with E-state index in [1.54, 1.807) is 0 Å². The molecule has 4 aliphatic rings. The predicted octanol–water partition coefficient (Wildman–Crippen LogP) is 6.25. The van der Waals surface area contributed by atoms with Gasteiger partial charge in [-0.15, -0.1) is 0 Å². The summed E-state index contributed by atoms with van der Waals surface area (Å²) in [5, 5.41) is 12.2. The van der Waals surface area contributed by atoms with Gasteiger partial charge in [-0.1, -0.05) is 64.9 Å². The van der Waals surface area contributed by atoms with Crippen molar-refractivity contribution in [3.8, 4) is 0 Å². The van der Waals surface area contributed by atoms with Gasteiger partial charge in [0.15, 0.2) is 0 Å². The first-order valence-corrected chi connectivity index (χ1v) is 15.6. The number of aliphatic hydroxyl groups is 1. The van der Waals surface area contributed by atoms with Crippen molar-refractivity contribution < 1.29 is 14.7 Å². The molecule has 0 aromatic carbocycles. The lowest BCUT2D eigenvalue weighted by atomic mass is 9.47. The van der Waals surface area contributed by atoms with Crippen LogP contribution in [0.5, 0.6) is 0 Å². The summed E-state index contributed by atoms with van der Waals surface area (Å²) in [6.45, 7) is 6.13. The van der Waals surface area contributed by atoms with E-state index in [-0.39, 0.29) is 17.2 Å². The number of carbonyl (C=O) groups excluding carboxylic acids is 2. The molecule has 2 N–H and O–H groups in total. The Bertz CT molecular complexity index is 812. The van der Waals surface area contributed by atoms with Gasteiger partial charge in [0.05, 0.1) is 0 Å². The Morgan fingerprint density at radius 1 is 0.946 bits per heavy atom. The molecule has 1 aliphatic heterocycles. The zero-order valence-electron chi connectivity index (χ0n) is 24.0. The van der Waals surface area contributed by atoms with Gasteiger partial charge in [-0.3, -0.25) is 9.59 Å². The number of hydrogen-bond donors (Lipinski definition) is 2. The molecule has 3 aliphatic carbocycles. The molecule has 0 unspecified atom stereocenters. The number of carbonyl (C=O) groups is 2. The lowest BCUT2D eigenvalue weighted by Gasteiger charge is -2.60. The van der Waals surface area contributed by atoms with Crippen LogP contribution in [0.2, 0.25) is 0 Å². The second-order valence-electron chi connectivity index (χ2n) is 13.4. The summed E-state index contributed by atoms with van der Waals surface area (Å²) >= 11 is 0. The van der Waals surface area contributed by atoms with Crippen LogP contribution in [0, 0.1) is 34.5 Å². The monoisotopic (exact) mass is 514 g/mol. The van der Waals surface area contributed by atoms with Gasteiger partial charge in [-0.2, -0.15) is 0 Å². The van der Waals surface area contributed by atoms with E-state index >= 15 is 0 Å². The number of amides is 2. The molecule has 3 fully saturated rings. The summed E-state index contributed by atoms with van der Waals surface area (Å²) in [4.78, 5) is 26.9. The Hall–Kier alpha value is -1.36. The average molecular weight is 515 g/mol. The van der Waals surface area contributed by atoms with Crippen LogP contribution in [0.4, 0.5) is 0 Å². The summed E-state index contributed by atoms with van der Waals surface area (Å²) in [5.74, 6) is 3.20. The summed E-state index contributed by atoms with van der Waals surface area (Å²) < 4.78 is 0. The molecule has 0 bridgehead atoms. The van der Waals surface area contributed by atoms with Crippen molar-refractivity contribution in [3.63, 3.8) is 0 Å². The van der Waals surface area contributed by atoms with Gasteiger partial charge in [-0.25, -0.2) is 0 Å². The van der Waals surface area contributed by atoms with Crippen LogP contribution >= 0.6 is 0 Å². The maximum Gasteiger partial charge on any atom is 0.246 e. The maximum atomic E-state index is 12.6. The summed E-state index contributed by atoms with van der Waals surface area (Å²) in [6.07, 6.45) is 22.8. The van der Waals surface area contributed by atoms with Crippen LogP contribution in [0.3, 0.4) is 0 Å². The average Bonchev–Trinajstić information content (AvgIpc) is 3.22. The molecule has 0 aromatic rings. The van der Waals surface area contributed by atoms with Gasteiger partial charge in [0.2, 0.25) is 11.8 Å². The highest BCUT2D eigenvalue weighted by atomic mass is 16.3. The highest BCUT2D eigenvalue weighted by molar-refractivity contribution is 5.89. The molecule has 210 valence electrons. The highest BCUT2D eigenvalue weighted by Crippen LogP contribution is 2.65. The van der Waals surface area contributed by atoms with Crippen molar-refractivity contribution >= 4 is 11.8 Å². The standard InChI is InChI=1S/C32H54N2O3/c1-31-20-18-27-25(15-17-28-32(27,2)21-19-30(37)34(28)3)26(31)16-14-24(31)23-33-29(36)13-11-9-7-5-4-6-8-10-12-22-35/h19,21,24-28,35H,4-18,20,22-23H2,1-3H3,(H,33,36)/t24-,25+,26+,27+,28-,31-,32-/m1/s1. The molecule has 37 heavy (non-hydrogen) atoms. The van der Waals surface area contributed by atoms with Gasteiger partial charge < -0.3 is 15.3 Å². The fourth-order valence-corrected chi connectivity index (χ4v) is 9.14. The van der Waals surface area contributed by atoms with Crippen LogP contribution in [0.25, 0.3) is 0 Å². The summed E-state index contributed by atoms with van der Waals surface area (Å²) in [7, 11) is 2.00. The Morgan fingerprint density at radius 3 is 2.32 bits per heavy atom. The second-order valence-corrected chi connectivity index (χ2v) is 13.4. The Balaban J connectivity index is 1.19. The van der Waals surface area contributed by atoms with Gasteiger partial charge >= 0.3 is 0 Å². The summed E-state index contributed by atoms with van der Waals surface area (Å²) in [5.41, 5.74) is 0.452. The van der Waals surface area contributed by atoms with E-state index in [9.17, 15) is 9.59 Å². The van der Waals surface area contributed by atoms with Crippen molar-refractivity contribution in [2.75, 3.05) is 20.2 Å². The number of aliphatic hydroxyl groups excluding tert-OH is 1. The van der Waals surface area contributed by atoms with Crippen LogP contribution in [-0.4, -0.2) is 48.1 Å². The van der Waals surface area contributed by atoms with E-state index < -0.39 is 0 Å². The number of nitrogens with one attached hydrogen (secondary N) is 1. The van der Waals surface area contributed by atoms with Crippen molar-refractivity contribution in [1.82, 2.24) is 10.2 Å². The lowest BCUT2D eigenvalue weighted by Crippen LogP contribution is -2.59. The molecule has 0 aromatic heterocycles. The Morgan fingerprint density at radius 2 is 1.62 bits per heavy atom. The fourth-order valence-electron chi connectivity index (χ4n) is 9.14. The highest BCUT2D eigenvalue weighted by Gasteiger charge is 2.60. The van der Waals surface area contributed by atoms with E-state index in [0.717, 1.165) is 50.5 Å². The molecule has 2 amide bonds. The van der Waals surface area contributed by atoms with Crippen molar-refractivity contribution in [3.05, 3.63) is 12.2 Å². The minimum absolute atomic E-state index is 0.110. The number of fused-ring (bicyclic) bond motifs is 5. The lowest BCUT2D eigenvalue weighted by molar-refractivity contribution is -0.139. The van der Waals surface area contributed by atoms with Crippen molar-refractivity contribution in [2.24, 2.45) is 34.5 Å². The first-order chi connectivity index (χ1) is 17.8. The van der Waals surface area contributed by atoms with E-state index in [1.165, 1.54) is 64.2 Å². The van der Waals surface area contributed by atoms with E-state index in [4.69, 9.17) is 5.11 Å². The predicted molar refractivity (Wildman–Crippen MR) is 150 cm³/mol. The molecule has 0 saturated heterocycles. The topological polar surface area (TPSA) is 69.6 Å². The third-order valence-electron chi connectivity index (χ3n) is 11.4. The smallest absolute Gasteiger partial charge is 0.246 e. The number of unbranched alkanes of at least 4 members (excludes halogenated alkanes) is 8. The van der Waals surface area contributed by atoms with Crippen LogP contribution < -0.4 is 5.32 Å². The van der Waals surface area contributed by atoms with Crippen LogP contribution in [-0.2, 0) is 9.59 Å². The third-order valence-corrected chi connectivity index (χ3v) is 11.4. The normalized spacial score (nSPS) is 36.7. The van der Waals surface area contributed by atoms with Crippen molar-refractivity contribution in [2.45, 2.75) is 123 Å².